The Labute approximate surface area is 123 Å². The lowest BCUT2D eigenvalue weighted by Crippen LogP contribution is -2.04. The van der Waals surface area contributed by atoms with E-state index in [-0.39, 0.29) is 0 Å². The molecule has 21 heavy (non-hydrogen) atoms. The molecule has 0 aliphatic heterocycles. The second-order valence-corrected chi connectivity index (χ2v) is 5.15. The van der Waals surface area contributed by atoms with Crippen LogP contribution in [0, 0.1) is 6.92 Å². The Hall–Kier alpha value is -2.33. The van der Waals surface area contributed by atoms with E-state index in [0.29, 0.717) is 5.69 Å². The minimum atomic E-state index is -0.748. The second-order valence-electron chi connectivity index (χ2n) is 5.15. The van der Waals surface area contributed by atoms with Crippen molar-refractivity contribution in [1.82, 2.24) is 9.78 Å². The molecule has 0 amide bonds. The summed E-state index contributed by atoms with van der Waals surface area (Å²) in [6.45, 7) is 1.96. The summed E-state index contributed by atoms with van der Waals surface area (Å²) >= 11 is 0. The molecule has 0 saturated carbocycles. The Morgan fingerprint density at radius 3 is 2.67 bits per heavy atom. The van der Waals surface area contributed by atoms with Gasteiger partial charge in [0.2, 0.25) is 0 Å². The van der Waals surface area contributed by atoms with Crippen LogP contribution < -0.4 is 4.74 Å². The second kappa shape index (κ2) is 5.22. The Bertz CT molecular complexity index is 793. The summed E-state index contributed by atoms with van der Waals surface area (Å²) < 4.78 is 7.01. The molecular weight excluding hydrogens is 264 g/mol. The highest BCUT2D eigenvalue weighted by atomic mass is 16.5. The number of aromatic nitrogens is 2. The maximum atomic E-state index is 10.7. The van der Waals surface area contributed by atoms with Crippen LogP contribution >= 0.6 is 0 Å². The highest BCUT2D eigenvalue weighted by Crippen LogP contribution is 2.31. The molecule has 0 aliphatic carbocycles. The fourth-order valence-corrected chi connectivity index (χ4v) is 2.67. The van der Waals surface area contributed by atoms with Crippen LogP contribution in [0.2, 0.25) is 0 Å². The Balaban J connectivity index is 2.10. The van der Waals surface area contributed by atoms with E-state index in [1.54, 1.807) is 11.8 Å². The number of aliphatic hydroxyl groups is 1. The van der Waals surface area contributed by atoms with Crippen LogP contribution in [0.25, 0.3) is 10.9 Å². The number of nitrogens with zero attached hydrogens (tertiary/aromatic N) is 2. The number of benzene rings is 2. The first kappa shape index (κ1) is 13.6. The minimum absolute atomic E-state index is 0.682. The highest BCUT2D eigenvalue weighted by molar-refractivity contribution is 5.82. The summed E-state index contributed by atoms with van der Waals surface area (Å²) in [4.78, 5) is 0. The first-order valence-corrected chi connectivity index (χ1v) is 6.86. The number of aryl methyl sites for hydroxylation is 2. The lowest BCUT2D eigenvalue weighted by atomic mass is 9.99. The average Bonchev–Trinajstić information content (AvgIpc) is 2.84. The van der Waals surface area contributed by atoms with E-state index in [1.165, 1.54) is 0 Å². The Kier molecular flexibility index (Phi) is 3.39. The molecule has 0 fully saturated rings. The van der Waals surface area contributed by atoms with Gasteiger partial charge in [-0.05, 0) is 36.2 Å². The fraction of sp³-hybridized carbons (Fsp3) is 0.235. The molecular formula is C17H18N2O2. The highest BCUT2D eigenvalue weighted by Gasteiger charge is 2.20. The zero-order valence-electron chi connectivity index (χ0n) is 12.4. The van der Waals surface area contributed by atoms with Gasteiger partial charge in [-0.1, -0.05) is 24.3 Å². The van der Waals surface area contributed by atoms with Gasteiger partial charge in [-0.3, -0.25) is 4.68 Å². The molecule has 2 aromatic carbocycles. The number of hydrogen-bond donors (Lipinski definition) is 1. The number of methoxy groups -OCH3 is 1. The van der Waals surface area contributed by atoms with Gasteiger partial charge in [0.25, 0.3) is 0 Å². The van der Waals surface area contributed by atoms with Crippen LogP contribution in [0.3, 0.4) is 0 Å². The van der Waals surface area contributed by atoms with E-state index in [9.17, 15) is 5.11 Å². The van der Waals surface area contributed by atoms with E-state index >= 15 is 0 Å². The topological polar surface area (TPSA) is 47.3 Å². The number of para-hydroxylation sites is 1. The zero-order chi connectivity index (χ0) is 15.0. The van der Waals surface area contributed by atoms with Gasteiger partial charge < -0.3 is 9.84 Å². The first-order chi connectivity index (χ1) is 10.1. The maximum Gasteiger partial charge on any atom is 0.124 e. The van der Waals surface area contributed by atoms with Gasteiger partial charge in [0, 0.05) is 12.4 Å². The molecule has 4 nitrogen and oxygen atoms in total. The van der Waals surface area contributed by atoms with Crippen LogP contribution in [0.1, 0.15) is 22.9 Å². The molecule has 1 heterocycles. The van der Waals surface area contributed by atoms with E-state index in [0.717, 1.165) is 27.8 Å². The molecule has 0 spiro atoms. The molecule has 0 bridgehead atoms. The molecule has 0 aliphatic rings. The van der Waals surface area contributed by atoms with Crippen LogP contribution in [0.5, 0.6) is 5.75 Å². The molecule has 1 N–H and O–H groups in total. The summed E-state index contributed by atoms with van der Waals surface area (Å²) in [7, 11) is 3.52. The summed E-state index contributed by atoms with van der Waals surface area (Å²) in [5.74, 6) is 0.786. The van der Waals surface area contributed by atoms with Crippen molar-refractivity contribution in [3.8, 4) is 5.75 Å². The molecule has 3 aromatic rings. The van der Waals surface area contributed by atoms with Gasteiger partial charge in [0.1, 0.15) is 17.5 Å². The van der Waals surface area contributed by atoms with Crippen molar-refractivity contribution >= 4 is 10.9 Å². The summed E-state index contributed by atoms with van der Waals surface area (Å²) in [6, 6.07) is 13.6. The quantitative estimate of drug-likeness (QED) is 0.803. The van der Waals surface area contributed by atoms with Crippen LogP contribution in [0.4, 0.5) is 0 Å². The summed E-state index contributed by atoms with van der Waals surface area (Å²) in [6.07, 6.45) is -0.748. The Morgan fingerprint density at radius 2 is 1.95 bits per heavy atom. The molecule has 1 aromatic heterocycles. The van der Waals surface area contributed by atoms with Gasteiger partial charge in [0.15, 0.2) is 0 Å². The molecule has 4 heteroatoms. The largest absolute Gasteiger partial charge is 0.497 e. The zero-order valence-corrected chi connectivity index (χ0v) is 12.4. The summed E-state index contributed by atoms with van der Waals surface area (Å²) in [5, 5.41) is 16.2. The van der Waals surface area contributed by atoms with Gasteiger partial charge in [-0.2, -0.15) is 5.10 Å². The normalized spacial score (nSPS) is 12.6. The average molecular weight is 282 g/mol. The standard InChI is InChI=1S/C17H18N2O2/c1-11-10-12(21-3)8-9-13(11)17(20)16-14-6-4-5-7-15(14)19(2)18-16/h4-10,17,20H,1-3H3. The molecule has 1 atom stereocenters. The van der Waals surface area contributed by atoms with E-state index in [4.69, 9.17) is 4.74 Å². The number of hydrogen-bond acceptors (Lipinski definition) is 3. The number of aliphatic hydroxyl groups excluding tert-OH is 1. The van der Waals surface area contributed by atoms with E-state index in [2.05, 4.69) is 5.10 Å². The Morgan fingerprint density at radius 1 is 1.19 bits per heavy atom. The van der Waals surface area contributed by atoms with Crippen molar-refractivity contribution in [2.45, 2.75) is 13.0 Å². The number of fused-ring (bicyclic) bond motifs is 1. The molecule has 3 rings (SSSR count). The molecule has 1 unspecified atom stereocenters. The van der Waals surface area contributed by atoms with Gasteiger partial charge in [-0.25, -0.2) is 0 Å². The minimum Gasteiger partial charge on any atom is -0.497 e. The third kappa shape index (κ3) is 2.28. The smallest absolute Gasteiger partial charge is 0.124 e. The van der Waals surface area contributed by atoms with Crippen LogP contribution in [-0.2, 0) is 7.05 Å². The van der Waals surface area contributed by atoms with Gasteiger partial charge in [0.05, 0.1) is 12.6 Å². The summed E-state index contributed by atoms with van der Waals surface area (Å²) in [5.41, 5.74) is 3.52. The van der Waals surface area contributed by atoms with Crippen LogP contribution in [0.15, 0.2) is 42.5 Å². The lowest BCUT2D eigenvalue weighted by Gasteiger charge is -2.13. The predicted octanol–water partition coefficient (Wildman–Crippen LogP) is 2.97. The molecule has 108 valence electrons. The monoisotopic (exact) mass is 282 g/mol. The number of ether oxygens (including phenoxy) is 1. The predicted molar refractivity (Wildman–Crippen MR) is 82.5 cm³/mol. The fourth-order valence-electron chi connectivity index (χ4n) is 2.67. The van der Waals surface area contributed by atoms with E-state index < -0.39 is 6.10 Å². The van der Waals surface area contributed by atoms with Crippen molar-refractivity contribution in [3.63, 3.8) is 0 Å². The van der Waals surface area contributed by atoms with Crippen molar-refractivity contribution in [1.29, 1.82) is 0 Å². The van der Waals surface area contributed by atoms with Crippen LogP contribution in [-0.4, -0.2) is 22.0 Å². The van der Waals surface area contributed by atoms with E-state index in [1.807, 2.05) is 56.4 Å². The third-order valence-electron chi connectivity index (χ3n) is 3.82. The van der Waals surface area contributed by atoms with Crippen molar-refractivity contribution in [2.24, 2.45) is 7.05 Å². The number of rotatable bonds is 3. The van der Waals surface area contributed by atoms with Crippen molar-refractivity contribution in [3.05, 3.63) is 59.3 Å². The SMILES string of the molecule is COc1ccc(C(O)c2nn(C)c3ccccc23)c(C)c1. The van der Waals surface area contributed by atoms with Crippen molar-refractivity contribution < 1.29 is 9.84 Å². The van der Waals surface area contributed by atoms with Gasteiger partial charge >= 0.3 is 0 Å². The first-order valence-electron chi connectivity index (χ1n) is 6.86. The maximum absolute atomic E-state index is 10.7. The van der Waals surface area contributed by atoms with Gasteiger partial charge in [-0.15, -0.1) is 0 Å². The lowest BCUT2D eigenvalue weighted by molar-refractivity contribution is 0.215. The molecule has 0 radical (unpaired) electrons. The molecule has 0 saturated heterocycles. The third-order valence-corrected chi connectivity index (χ3v) is 3.82. The van der Waals surface area contributed by atoms with Crippen molar-refractivity contribution in [2.75, 3.05) is 7.11 Å².